The first-order valence-corrected chi connectivity index (χ1v) is 4.57. The number of carbonyl (C=O) groups is 1. The van der Waals surface area contributed by atoms with Crippen molar-refractivity contribution in [2.75, 3.05) is 0 Å². The van der Waals surface area contributed by atoms with Crippen molar-refractivity contribution in [3.8, 4) is 5.69 Å². The third-order valence-corrected chi connectivity index (χ3v) is 2.10. The summed E-state index contributed by atoms with van der Waals surface area (Å²) in [5.41, 5.74) is 1.01. The van der Waals surface area contributed by atoms with Gasteiger partial charge in [0.05, 0.1) is 5.69 Å². The SMILES string of the molecule is Cc1ccc(-n2nc(C(=O)O)[nH]c2=O)cc1. The molecule has 0 fully saturated rings. The number of carboxylic acids is 1. The maximum Gasteiger partial charge on any atom is 0.373 e. The third-order valence-electron chi connectivity index (χ3n) is 2.10. The predicted molar refractivity (Wildman–Crippen MR) is 55.9 cm³/mol. The quantitative estimate of drug-likeness (QED) is 0.772. The lowest BCUT2D eigenvalue weighted by atomic mass is 10.2. The monoisotopic (exact) mass is 219 g/mol. The van der Waals surface area contributed by atoms with Crippen molar-refractivity contribution >= 4 is 5.97 Å². The van der Waals surface area contributed by atoms with E-state index >= 15 is 0 Å². The number of aromatic carboxylic acids is 1. The average molecular weight is 219 g/mol. The Morgan fingerprint density at radius 3 is 2.50 bits per heavy atom. The first-order valence-electron chi connectivity index (χ1n) is 4.57. The minimum absolute atomic E-state index is 0.370. The molecule has 0 spiro atoms. The summed E-state index contributed by atoms with van der Waals surface area (Å²) in [5.74, 6) is -1.63. The van der Waals surface area contributed by atoms with E-state index in [-0.39, 0.29) is 5.82 Å². The van der Waals surface area contributed by atoms with E-state index in [1.165, 1.54) is 0 Å². The highest BCUT2D eigenvalue weighted by Crippen LogP contribution is 2.05. The summed E-state index contributed by atoms with van der Waals surface area (Å²) in [6.45, 7) is 1.92. The number of nitrogens with one attached hydrogen (secondary N) is 1. The lowest BCUT2D eigenvalue weighted by Crippen LogP contribution is -2.15. The number of aromatic nitrogens is 3. The number of hydrogen-bond acceptors (Lipinski definition) is 3. The second-order valence-electron chi connectivity index (χ2n) is 3.33. The predicted octanol–water partition coefficient (Wildman–Crippen LogP) is 0.567. The summed E-state index contributed by atoms with van der Waals surface area (Å²) in [4.78, 5) is 24.2. The molecule has 0 unspecified atom stereocenters. The second-order valence-corrected chi connectivity index (χ2v) is 3.33. The molecule has 1 aromatic carbocycles. The first kappa shape index (κ1) is 10.2. The summed E-state index contributed by atoms with van der Waals surface area (Å²) in [7, 11) is 0. The zero-order valence-corrected chi connectivity index (χ0v) is 8.47. The molecule has 0 bridgehead atoms. The Morgan fingerprint density at radius 2 is 2.00 bits per heavy atom. The summed E-state index contributed by atoms with van der Waals surface area (Å²) >= 11 is 0. The zero-order valence-electron chi connectivity index (χ0n) is 8.47. The zero-order chi connectivity index (χ0) is 11.7. The molecule has 1 aromatic heterocycles. The summed E-state index contributed by atoms with van der Waals surface area (Å²) in [5, 5.41) is 12.3. The summed E-state index contributed by atoms with van der Waals surface area (Å²) < 4.78 is 1.02. The van der Waals surface area contributed by atoms with Gasteiger partial charge in [0.2, 0.25) is 5.82 Å². The van der Waals surface area contributed by atoms with Crippen molar-refractivity contribution in [3.05, 3.63) is 46.1 Å². The van der Waals surface area contributed by atoms with Gasteiger partial charge in [-0.05, 0) is 19.1 Å². The standard InChI is InChI=1S/C10H9N3O3/c1-6-2-4-7(5-3-6)13-10(16)11-8(12-13)9(14)15/h2-5H,1H3,(H,14,15)(H,11,12,16). The number of nitrogens with zero attached hydrogens (tertiary/aromatic N) is 2. The number of aromatic amines is 1. The fraction of sp³-hybridized carbons (Fsp3) is 0.100. The van der Waals surface area contributed by atoms with Gasteiger partial charge in [-0.25, -0.2) is 9.59 Å². The molecular formula is C10H9N3O3. The lowest BCUT2D eigenvalue weighted by Gasteiger charge is -1.98. The van der Waals surface area contributed by atoms with E-state index in [9.17, 15) is 9.59 Å². The minimum atomic E-state index is -1.26. The summed E-state index contributed by atoms with van der Waals surface area (Å²) in [6.07, 6.45) is 0. The van der Waals surface area contributed by atoms with Gasteiger partial charge in [0.25, 0.3) is 0 Å². The molecule has 6 heteroatoms. The van der Waals surface area contributed by atoms with E-state index in [4.69, 9.17) is 5.11 Å². The van der Waals surface area contributed by atoms with Crippen molar-refractivity contribution in [1.29, 1.82) is 0 Å². The van der Waals surface area contributed by atoms with Crippen LogP contribution in [0.2, 0.25) is 0 Å². The van der Waals surface area contributed by atoms with Crippen molar-refractivity contribution in [2.45, 2.75) is 6.92 Å². The topological polar surface area (TPSA) is 88.0 Å². The van der Waals surface area contributed by atoms with Crippen LogP contribution in [-0.2, 0) is 0 Å². The number of rotatable bonds is 2. The Labute approximate surface area is 90.2 Å². The van der Waals surface area contributed by atoms with E-state index in [1.54, 1.807) is 12.1 Å². The van der Waals surface area contributed by atoms with E-state index in [0.29, 0.717) is 5.69 Å². The third kappa shape index (κ3) is 1.72. The van der Waals surface area contributed by atoms with Crippen molar-refractivity contribution in [1.82, 2.24) is 14.8 Å². The van der Waals surface area contributed by atoms with Crippen LogP contribution in [0.3, 0.4) is 0 Å². The molecule has 0 aliphatic rings. The molecule has 82 valence electrons. The molecule has 0 saturated carbocycles. The Kier molecular flexibility index (Phi) is 2.32. The Morgan fingerprint density at radius 1 is 1.38 bits per heavy atom. The Hall–Kier alpha value is -2.37. The van der Waals surface area contributed by atoms with E-state index in [1.807, 2.05) is 19.1 Å². The van der Waals surface area contributed by atoms with Crippen LogP contribution in [0.15, 0.2) is 29.1 Å². The number of H-pyrrole nitrogens is 1. The number of carboxylic acid groups (broad SMARTS) is 1. The molecule has 0 radical (unpaired) electrons. The van der Waals surface area contributed by atoms with Crippen molar-refractivity contribution in [2.24, 2.45) is 0 Å². The molecule has 0 aliphatic carbocycles. The number of hydrogen-bond donors (Lipinski definition) is 2. The van der Waals surface area contributed by atoms with Gasteiger partial charge >= 0.3 is 11.7 Å². The van der Waals surface area contributed by atoms with E-state index in [2.05, 4.69) is 10.1 Å². The smallest absolute Gasteiger partial charge is 0.373 e. The van der Waals surface area contributed by atoms with Crippen LogP contribution in [0.25, 0.3) is 5.69 Å². The van der Waals surface area contributed by atoms with Crippen molar-refractivity contribution in [3.63, 3.8) is 0 Å². The van der Waals surface area contributed by atoms with Crippen LogP contribution < -0.4 is 5.69 Å². The van der Waals surface area contributed by atoms with Gasteiger partial charge in [-0.2, -0.15) is 4.68 Å². The molecule has 0 aliphatic heterocycles. The fourth-order valence-corrected chi connectivity index (χ4v) is 1.28. The summed E-state index contributed by atoms with van der Waals surface area (Å²) in [6, 6.07) is 7.03. The van der Waals surface area contributed by atoms with Crippen LogP contribution in [0, 0.1) is 6.92 Å². The highest BCUT2D eigenvalue weighted by Gasteiger charge is 2.12. The molecule has 2 rings (SSSR count). The Balaban J connectivity index is 2.52. The van der Waals surface area contributed by atoms with Crippen LogP contribution in [0.1, 0.15) is 16.2 Å². The molecule has 6 nitrogen and oxygen atoms in total. The van der Waals surface area contributed by atoms with Gasteiger partial charge in [0.15, 0.2) is 0 Å². The number of aryl methyl sites for hydroxylation is 1. The van der Waals surface area contributed by atoms with Crippen LogP contribution in [-0.4, -0.2) is 25.8 Å². The van der Waals surface area contributed by atoms with Gasteiger partial charge in [0.1, 0.15) is 0 Å². The highest BCUT2D eigenvalue weighted by atomic mass is 16.4. The molecule has 2 N–H and O–H groups in total. The van der Waals surface area contributed by atoms with Gasteiger partial charge in [-0.3, -0.25) is 4.98 Å². The number of benzene rings is 1. The first-order chi connectivity index (χ1) is 7.58. The van der Waals surface area contributed by atoms with Gasteiger partial charge in [0, 0.05) is 0 Å². The molecule has 2 aromatic rings. The Bertz CT molecular complexity index is 580. The molecule has 0 saturated heterocycles. The molecule has 0 amide bonds. The second kappa shape index (κ2) is 3.65. The van der Waals surface area contributed by atoms with Gasteiger partial charge < -0.3 is 5.11 Å². The van der Waals surface area contributed by atoms with E-state index in [0.717, 1.165) is 10.2 Å². The molecule has 16 heavy (non-hydrogen) atoms. The maximum absolute atomic E-state index is 11.4. The lowest BCUT2D eigenvalue weighted by molar-refractivity contribution is 0.0683. The maximum atomic E-state index is 11.4. The molecule has 0 atom stereocenters. The van der Waals surface area contributed by atoms with Gasteiger partial charge in [-0.1, -0.05) is 17.7 Å². The molecular weight excluding hydrogens is 210 g/mol. The highest BCUT2D eigenvalue weighted by molar-refractivity contribution is 5.82. The minimum Gasteiger partial charge on any atom is -0.475 e. The van der Waals surface area contributed by atoms with Crippen LogP contribution >= 0.6 is 0 Å². The average Bonchev–Trinajstić information content (AvgIpc) is 2.62. The van der Waals surface area contributed by atoms with Crippen molar-refractivity contribution < 1.29 is 9.90 Å². The van der Waals surface area contributed by atoms with Crippen LogP contribution in [0.4, 0.5) is 0 Å². The largest absolute Gasteiger partial charge is 0.475 e. The van der Waals surface area contributed by atoms with E-state index < -0.39 is 11.7 Å². The molecule has 1 heterocycles. The normalized spacial score (nSPS) is 10.3. The van der Waals surface area contributed by atoms with Gasteiger partial charge in [-0.15, -0.1) is 5.10 Å². The fourth-order valence-electron chi connectivity index (χ4n) is 1.28. The van der Waals surface area contributed by atoms with Crippen LogP contribution in [0.5, 0.6) is 0 Å².